The molecule has 0 aromatic heterocycles. The van der Waals surface area contributed by atoms with Crippen molar-refractivity contribution in [2.75, 3.05) is 13.2 Å². The van der Waals surface area contributed by atoms with E-state index in [2.05, 4.69) is 10.5 Å². The molecule has 0 aliphatic carbocycles. The zero-order chi connectivity index (χ0) is 18.1. The SMILES string of the molecule is CCOc1ccc(/C=N\NC(=O)[C@H](O)c2ccccc2)c(OCC)c1. The second-order valence-electron chi connectivity index (χ2n) is 5.11. The average molecular weight is 342 g/mol. The van der Waals surface area contributed by atoms with Crippen LogP contribution in [-0.4, -0.2) is 30.4 Å². The van der Waals surface area contributed by atoms with Gasteiger partial charge in [0.1, 0.15) is 11.5 Å². The molecule has 0 saturated carbocycles. The summed E-state index contributed by atoms with van der Waals surface area (Å²) in [5, 5.41) is 13.9. The number of aliphatic hydroxyl groups excluding tert-OH is 1. The van der Waals surface area contributed by atoms with E-state index in [1.54, 1.807) is 42.5 Å². The van der Waals surface area contributed by atoms with E-state index in [0.29, 0.717) is 35.8 Å². The van der Waals surface area contributed by atoms with Gasteiger partial charge in [0.2, 0.25) is 0 Å². The first-order valence-electron chi connectivity index (χ1n) is 8.11. The molecule has 0 saturated heterocycles. The molecule has 0 heterocycles. The van der Waals surface area contributed by atoms with Crippen LogP contribution in [0.1, 0.15) is 31.1 Å². The normalized spacial score (nSPS) is 12.0. The van der Waals surface area contributed by atoms with Crippen LogP contribution in [0, 0.1) is 0 Å². The van der Waals surface area contributed by atoms with Crippen molar-refractivity contribution in [3.05, 3.63) is 59.7 Å². The van der Waals surface area contributed by atoms with Crippen molar-refractivity contribution in [3.63, 3.8) is 0 Å². The number of aliphatic hydroxyl groups is 1. The number of hydrazone groups is 1. The van der Waals surface area contributed by atoms with Gasteiger partial charge in [-0.05, 0) is 31.5 Å². The fourth-order valence-electron chi connectivity index (χ4n) is 2.17. The molecular weight excluding hydrogens is 320 g/mol. The topological polar surface area (TPSA) is 80.2 Å². The lowest BCUT2D eigenvalue weighted by molar-refractivity contribution is -0.129. The molecule has 1 amide bonds. The Morgan fingerprint density at radius 3 is 2.56 bits per heavy atom. The van der Waals surface area contributed by atoms with Crippen LogP contribution in [0.3, 0.4) is 0 Å². The predicted molar refractivity (Wildman–Crippen MR) is 95.9 cm³/mol. The molecular formula is C19H22N2O4. The van der Waals surface area contributed by atoms with Gasteiger partial charge in [-0.3, -0.25) is 4.79 Å². The van der Waals surface area contributed by atoms with Gasteiger partial charge in [-0.25, -0.2) is 5.43 Å². The number of rotatable bonds is 8. The smallest absolute Gasteiger partial charge is 0.273 e. The van der Waals surface area contributed by atoms with Crippen LogP contribution in [0.2, 0.25) is 0 Å². The molecule has 6 nitrogen and oxygen atoms in total. The highest BCUT2D eigenvalue weighted by Gasteiger charge is 2.16. The Bertz CT molecular complexity index is 717. The third kappa shape index (κ3) is 5.32. The molecule has 0 aliphatic heterocycles. The summed E-state index contributed by atoms with van der Waals surface area (Å²) in [4.78, 5) is 12.0. The lowest BCUT2D eigenvalue weighted by atomic mass is 10.1. The molecule has 0 aliphatic rings. The number of hydrogen-bond acceptors (Lipinski definition) is 5. The summed E-state index contributed by atoms with van der Waals surface area (Å²) >= 11 is 0. The van der Waals surface area contributed by atoms with Crippen LogP contribution in [-0.2, 0) is 4.79 Å². The van der Waals surface area contributed by atoms with E-state index in [1.807, 2.05) is 19.9 Å². The van der Waals surface area contributed by atoms with Gasteiger partial charge in [0.05, 0.1) is 19.4 Å². The Hall–Kier alpha value is -2.86. The molecule has 2 aromatic rings. The number of carbonyl (C=O) groups excluding carboxylic acids is 1. The Labute approximate surface area is 147 Å². The number of carbonyl (C=O) groups is 1. The first-order valence-corrected chi connectivity index (χ1v) is 8.11. The maximum absolute atomic E-state index is 12.0. The van der Waals surface area contributed by atoms with E-state index in [-0.39, 0.29) is 0 Å². The Morgan fingerprint density at radius 2 is 1.88 bits per heavy atom. The van der Waals surface area contributed by atoms with Crippen LogP contribution >= 0.6 is 0 Å². The maximum Gasteiger partial charge on any atom is 0.273 e. The minimum atomic E-state index is -1.27. The summed E-state index contributed by atoms with van der Waals surface area (Å²) in [6.45, 7) is 4.84. The monoisotopic (exact) mass is 342 g/mol. The number of benzene rings is 2. The summed E-state index contributed by atoms with van der Waals surface area (Å²) in [7, 11) is 0. The van der Waals surface area contributed by atoms with Crippen molar-refractivity contribution in [1.82, 2.24) is 5.43 Å². The summed E-state index contributed by atoms with van der Waals surface area (Å²) in [5.74, 6) is 0.702. The first kappa shape index (κ1) is 18.5. The van der Waals surface area contributed by atoms with E-state index in [1.165, 1.54) is 6.21 Å². The van der Waals surface area contributed by atoms with E-state index in [0.717, 1.165) is 0 Å². The van der Waals surface area contributed by atoms with Crippen LogP contribution in [0.25, 0.3) is 0 Å². The maximum atomic E-state index is 12.0. The lowest BCUT2D eigenvalue weighted by Gasteiger charge is -2.10. The molecule has 2 aromatic carbocycles. The fraction of sp³-hybridized carbons (Fsp3) is 0.263. The van der Waals surface area contributed by atoms with Crippen molar-refractivity contribution in [1.29, 1.82) is 0 Å². The zero-order valence-electron chi connectivity index (χ0n) is 14.3. The molecule has 2 N–H and O–H groups in total. The highest BCUT2D eigenvalue weighted by Crippen LogP contribution is 2.24. The van der Waals surface area contributed by atoms with Crippen molar-refractivity contribution in [3.8, 4) is 11.5 Å². The van der Waals surface area contributed by atoms with E-state index >= 15 is 0 Å². The summed E-state index contributed by atoms with van der Waals surface area (Å²) in [5.41, 5.74) is 3.53. The van der Waals surface area contributed by atoms with Crippen molar-refractivity contribution in [2.24, 2.45) is 5.10 Å². The zero-order valence-corrected chi connectivity index (χ0v) is 14.3. The van der Waals surface area contributed by atoms with Crippen molar-refractivity contribution >= 4 is 12.1 Å². The number of amides is 1. The number of ether oxygens (including phenoxy) is 2. The van der Waals surface area contributed by atoms with Crippen molar-refractivity contribution in [2.45, 2.75) is 20.0 Å². The largest absolute Gasteiger partial charge is 0.494 e. The minimum absolute atomic E-state index is 0.496. The molecule has 25 heavy (non-hydrogen) atoms. The molecule has 0 fully saturated rings. The summed E-state index contributed by atoms with van der Waals surface area (Å²) in [6, 6.07) is 14.0. The predicted octanol–water partition coefficient (Wildman–Crippen LogP) is 2.67. The second kappa shape index (κ2) is 9.44. The van der Waals surface area contributed by atoms with E-state index in [9.17, 15) is 9.90 Å². The second-order valence-corrected chi connectivity index (χ2v) is 5.11. The Kier molecular flexibility index (Phi) is 6.98. The van der Waals surface area contributed by atoms with Gasteiger partial charge in [-0.15, -0.1) is 0 Å². The quantitative estimate of drug-likeness (QED) is 0.571. The third-order valence-electron chi connectivity index (χ3n) is 3.34. The lowest BCUT2D eigenvalue weighted by Crippen LogP contribution is -2.25. The van der Waals surface area contributed by atoms with Gasteiger partial charge in [-0.2, -0.15) is 5.10 Å². The molecule has 6 heteroatoms. The van der Waals surface area contributed by atoms with Gasteiger partial charge in [-0.1, -0.05) is 30.3 Å². The van der Waals surface area contributed by atoms with Gasteiger partial charge in [0, 0.05) is 11.6 Å². The van der Waals surface area contributed by atoms with Crippen LogP contribution in [0.15, 0.2) is 53.6 Å². The Morgan fingerprint density at radius 1 is 1.16 bits per heavy atom. The number of nitrogens with zero attached hydrogens (tertiary/aromatic N) is 1. The van der Waals surface area contributed by atoms with E-state index in [4.69, 9.17) is 9.47 Å². The molecule has 132 valence electrons. The third-order valence-corrected chi connectivity index (χ3v) is 3.34. The number of hydrogen-bond donors (Lipinski definition) is 2. The van der Waals surface area contributed by atoms with Gasteiger partial charge < -0.3 is 14.6 Å². The molecule has 1 atom stereocenters. The molecule has 0 spiro atoms. The summed E-state index contributed by atoms with van der Waals surface area (Å²) < 4.78 is 11.0. The van der Waals surface area contributed by atoms with Crippen molar-refractivity contribution < 1.29 is 19.4 Å². The van der Waals surface area contributed by atoms with E-state index < -0.39 is 12.0 Å². The van der Waals surface area contributed by atoms with Crippen LogP contribution < -0.4 is 14.9 Å². The fourth-order valence-corrected chi connectivity index (χ4v) is 2.17. The highest BCUT2D eigenvalue weighted by atomic mass is 16.5. The summed E-state index contributed by atoms with van der Waals surface area (Å²) in [6.07, 6.45) is 0.195. The minimum Gasteiger partial charge on any atom is -0.494 e. The van der Waals surface area contributed by atoms with Crippen LogP contribution in [0.5, 0.6) is 11.5 Å². The number of nitrogens with one attached hydrogen (secondary N) is 1. The highest BCUT2D eigenvalue weighted by molar-refractivity contribution is 5.87. The molecule has 0 radical (unpaired) electrons. The van der Waals surface area contributed by atoms with Gasteiger partial charge in [0.15, 0.2) is 6.10 Å². The standard InChI is InChI=1S/C19H22N2O4/c1-3-24-16-11-10-15(17(12-16)25-4-2)13-20-21-19(23)18(22)14-8-6-5-7-9-14/h5-13,18,22H,3-4H2,1-2H3,(H,21,23)/b20-13-/t18-/m1/s1. The molecule has 2 rings (SSSR count). The molecule has 0 unspecified atom stereocenters. The van der Waals surface area contributed by atoms with Crippen LogP contribution in [0.4, 0.5) is 0 Å². The first-order chi connectivity index (χ1) is 12.2. The van der Waals surface area contributed by atoms with Gasteiger partial charge in [0.25, 0.3) is 5.91 Å². The molecule has 0 bridgehead atoms. The average Bonchev–Trinajstić information content (AvgIpc) is 2.64. The van der Waals surface area contributed by atoms with Gasteiger partial charge >= 0.3 is 0 Å². The Balaban J connectivity index is 2.04.